The summed E-state index contributed by atoms with van der Waals surface area (Å²) in [4.78, 5) is 13.2. The van der Waals surface area contributed by atoms with Gasteiger partial charge in [0.05, 0.1) is 12.4 Å². The van der Waals surface area contributed by atoms with E-state index in [1.807, 2.05) is 18.2 Å². The molecule has 0 saturated heterocycles. The van der Waals surface area contributed by atoms with Gasteiger partial charge < -0.3 is 15.6 Å². The van der Waals surface area contributed by atoms with Crippen molar-refractivity contribution in [3.8, 4) is 0 Å². The Morgan fingerprint density at radius 1 is 1.35 bits per heavy atom. The largest absolute Gasteiger partial charge is 0.544 e. The van der Waals surface area contributed by atoms with E-state index in [4.69, 9.17) is 18.6 Å². The standard InChI is InChI=1S/C8H10N2O2.ClHO4/c9-7(8(11)12)5-6-3-1-2-4-10-6;2-1(3,4)5/h1-4,7H,5,9H2,(H,11,12);(H,2,3,4,5)/t7-;/m0./s1. The van der Waals surface area contributed by atoms with Gasteiger partial charge in [0, 0.05) is 12.1 Å². The summed E-state index contributed by atoms with van der Waals surface area (Å²) in [6.45, 7) is 0. The molecule has 0 aromatic carbocycles. The number of H-pyrrole nitrogens is 1. The highest BCUT2D eigenvalue weighted by Gasteiger charge is 2.11. The second kappa shape index (κ2) is 7.12. The number of aromatic nitrogens is 1. The zero-order valence-electron chi connectivity index (χ0n) is 8.63. The van der Waals surface area contributed by atoms with Gasteiger partial charge in [0.15, 0.2) is 11.9 Å². The lowest BCUT2D eigenvalue weighted by Gasteiger charge is -2.17. The predicted octanol–water partition coefficient (Wildman–Crippen LogP) is -7.35. The van der Waals surface area contributed by atoms with Gasteiger partial charge >= 0.3 is 0 Å². The Morgan fingerprint density at radius 2 is 1.88 bits per heavy atom. The van der Waals surface area contributed by atoms with E-state index in [0.717, 1.165) is 5.69 Å². The summed E-state index contributed by atoms with van der Waals surface area (Å²) in [5, 5.41) is 10.3. The number of aliphatic carboxylic acids is 1. The van der Waals surface area contributed by atoms with Crippen LogP contribution < -0.4 is 34.5 Å². The van der Waals surface area contributed by atoms with Crippen molar-refractivity contribution in [2.45, 2.75) is 12.5 Å². The van der Waals surface area contributed by atoms with Crippen molar-refractivity contribution >= 4 is 5.97 Å². The molecule has 4 N–H and O–H groups in total. The minimum Gasteiger partial charge on any atom is -0.544 e. The first kappa shape index (κ1) is 15.7. The van der Waals surface area contributed by atoms with Gasteiger partial charge in [-0.1, -0.05) is 6.07 Å². The first-order chi connectivity index (χ1) is 7.70. The predicted molar refractivity (Wildman–Crippen MR) is 38.4 cm³/mol. The van der Waals surface area contributed by atoms with Gasteiger partial charge in [0.25, 0.3) is 0 Å². The molecule has 1 aromatic rings. The molecule has 0 bridgehead atoms. The fourth-order valence-corrected chi connectivity index (χ4v) is 0.906. The molecule has 17 heavy (non-hydrogen) atoms. The first-order valence-corrected chi connectivity index (χ1v) is 5.55. The topological polar surface area (TPSA) is 174 Å². The molecule has 0 fully saturated rings. The van der Waals surface area contributed by atoms with Crippen molar-refractivity contribution in [2.75, 3.05) is 0 Å². The summed E-state index contributed by atoms with van der Waals surface area (Å²) in [5.74, 6) is -1.12. The maximum atomic E-state index is 10.3. The van der Waals surface area contributed by atoms with Gasteiger partial charge in [-0.15, -0.1) is 10.2 Å². The summed E-state index contributed by atoms with van der Waals surface area (Å²) in [6, 6.07) is 4.80. The maximum Gasteiger partial charge on any atom is 0.186 e. The lowest BCUT2D eigenvalue weighted by Crippen LogP contribution is -2.69. The molecule has 96 valence electrons. The van der Waals surface area contributed by atoms with E-state index >= 15 is 0 Å². The Kier molecular flexibility index (Phi) is 6.58. The molecule has 0 aliphatic rings. The zero-order chi connectivity index (χ0) is 13.5. The van der Waals surface area contributed by atoms with E-state index in [0.29, 0.717) is 6.42 Å². The minimum atomic E-state index is -4.94. The van der Waals surface area contributed by atoms with Crippen LogP contribution in [0.25, 0.3) is 0 Å². The van der Waals surface area contributed by atoms with Crippen LogP contribution in [0.4, 0.5) is 0 Å². The van der Waals surface area contributed by atoms with Crippen LogP contribution in [0.3, 0.4) is 0 Å². The Balaban J connectivity index is 0.000000437. The van der Waals surface area contributed by atoms with Crippen LogP contribution in [-0.2, 0) is 11.2 Å². The fourth-order valence-electron chi connectivity index (χ4n) is 0.906. The van der Waals surface area contributed by atoms with Gasteiger partial charge in [0.1, 0.15) is 6.04 Å². The third kappa shape index (κ3) is 11.0. The number of hydrogen-bond donors (Lipinski definition) is 1. The van der Waals surface area contributed by atoms with Crippen LogP contribution in [0.1, 0.15) is 5.69 Å². The van der Waals surface area contributed by atoms with Crippen molar-refractivity contribution < 1.29 is 49.5 Å². The minimum absolute atomic E-state index is 0.378. The third-order valence-electron chi connectivity index (χ3n) is 1.57. The molecule has 1 rings (SSSR count). The molecule has 0 aliphatic carbocycles. The maximum absolute atomic E-state index is 10.3. The van der Waals surface area contributed by atoms with E-state index in [-0.39, 0.29) is 0 Å². The number of carbonyl (C=O) groups excluding carboxylic acids is 1. The highest BCUT2D eigenvalue weighted by molar-refractivity contribution is 5.69. The molecule has 9 heteroatoms. The van der Waals surface area contributed by atoms with Crippen molar-refractivity contribution in [1.82, 2.24) is 0 Å². The summed E-state index contributed by atoms with van der Waals surface area (Å²) in [7, 11) is -4.94. The van der Waals surface area contributed by atoms with E-state index in [1.54, 1.807) is 6.20 Å². The number of carboxylic acids is 1. The van der Waals surface area contributed by atoms with Gasteiger partial charge in [-0.05, 0) is 0 Å². The Bertz CT molecular complexity index is 336. The molecular formula is C8H11ClN2O6. The summed E-state index contributed by atoms with van der Waals surface area (Å²) >= 11 is 0. The van der Waals surface area contributed by atoms with Crippen molar-refractivity contribution in [2.24, 2.45) is 0 Å². The van der Waals surface area contributed by atoms with Crippen molar-refractivity contribution in [1.29, 1.82) is 0 Å². The van der Waals surface area contributed by atoms with Crippen molar-refractivity contribution in [3.63, 3.8) is 0 Å². The van der Waals surface area contributed by atoms with Gasteiger partial charge in [-0.2, -0.15) is 0 Å². The lowest BCUT2D eigenvalue weighted by molar-refractivity contribution is -2.00. The molecule has 0 spiro atoms. The molecule has 1 atom stereocenters. The molecule has 0 unspecified atom stereocenters. The summed E-state index contributed by atoms with van der Waals surface area (Å²) in [5.41, 5.74) is 4.30. The number of hydrogen-bond acceptors (Lipinski definition) is 6. The van der Waals surface area contributed by atoms with E-state index < -0.39 is 22.3 Å². The number of pyridine rings is 1. The van der Waals surface area contributed by atoms with Gasteiger partial charge in [-0.25, -0.2) is 23.6 Å². The van der Waals surface area contributed by atoms with Gasteiger partial charge in [0.2, 0.25) is 0 Å². The van der Waals surface area contributed by atoms with Crippen LogP contribution in [0.5, 0.6) is 0 Å². The van der Waals surface area contributed by atoms with Crippen LogP contribution >= 0.6 is 0 Å². The normalized spacial score (nSPS) is 12.3. The van der Waals surface area contributed by atoms with E-state index in [1.165, 1.54) is 0 Å². The highest BCUT2D eigenvalue weighted by Crippen LogP contribution is 1.91. The number of carboxylic acid groups (broad SMARTS) is 1. The molecular weight excluding hydrogens is 256 g/mol. The van der Waals surface area contributed by atoms with Crippen LogP contribution in [0, 0.1) is 10.2 Å². The first-order valence-electron chi connectivity index (χ1n) is 4.31. The molecule has 1 heterocycles. The number of carbonyl (C=O) groups is 1. The van der Waals surface area contributed by atoms with Crippen molar-refractivity contribution in [3.05, 3.63) is 30.1 Å². The molecule has 8 nitrogen and oxygen atoms in total. The number of halogens is 1. The molecule has 0 aliphatic heterocycles. The quantitative estimate of drug-likeness (QED) is 0.568. The fraction of sp³-hybridized carbons (Fsp3) is 0.250. The SMILES string of the molecule is [NH3+][C@@H](Cc1cccc[nH+]1)C(=O)[O-].[O-][Cl+3]([O-])([O-])[O-]. The van der Waals surface area contributed by atoms with E-state index in [2.05, 4.69) is 10.7 Å². The summed E-state index contributed by atoms with van der Waals surface area (Å²) in [6.07, 6.45) is 2.13. The summed E-state index contributed by atoms with van der Waals surface area (Å²) < 4.78 is 34.0. The van der Waals surface area contributed by atoms with Gasteiger partial charge in [-0.3, -0.25) is 0 Å². The second-order valence-corrected chi connectivity index (χ2v) is 3.74. The highest BCUT2D eigenvalue weighted by atomic mass is 35.7. The van der Waals surface area contributed by atoms with E-state index in [9.17, 15) is 9.90 Å². The lowest BCUT2D eigenvalue weighted by atomic mass is 10.1. The monoisotopic (exact) mass is 266 g/mol. The molecule has 1 aromatic heterocycles. The third-order valence-corrected chi connectivity index (χ3v) is 1.57. The average molecular weight is 267 g/mol. The molecule has 0 radical (unpaired) electrons. The van der Waals surface area contributed by atoms with Crippen LogP contribution in [0.2, 0.25) is 0 Å². The average Bonchev–Trinajstić information content (AvgIpc) is 2.16. The number of nitrogens with one attached hydrogen (secondary N) is 1. The second-order valence-electron chi connectivity index (χ2n) is 2.99. The zero-order valence-corrected chi connectivity index (χ0v) is 9.38. The Morgan fingerprint density at radius 3 is 2.24 bits per heavy atom. The smallest absolute Gasteiger partial charge is 0.186 e. The Labute approximate surface area is 98.7 Å². The molecule has 0 saturated carbocycles. The number of aromatic amines is 1. The van der Waals surface area contributed by atoms with Crippen LogP contribution in [-0.4, -0.2) is 12.0 Å². The number of rotatable bonds is 3. The number of quaternary nitrogens is 1. The van der Waals surface area contributed by atoms with Crippen LogP contribution in [0.15, 0.2) is 24.4 Å². The molecule has 0 amide bonds. The Hall–Kier alpha value is -1.29.